The van der Waals surface area contributed by atoms with Gasteiger partial charge in [0.1, 0.15) is 0 Å². The molecule has 1 aliphatic rings. The summed E-state index contributed by atoms with van der Waals surface area (Å²) >= 11 is 0. The third kappa shape index (κ3) is 5.31. The second kappa shape index (κ2) is 8.76. The zero-order valence-electron chi connectivity index (χ0n) is 13.0. The summed E-state index contributed by atoms with van der Waals surface area (Å²) in [4.78, 5) is 23.7. The van der Waals surface area contributed by atoms with Crippen LogP contribution in [0.4, 0.5) is 5.69 Å². The summed E-state index contributed by atoms with van der Waals surface area (Å²) in [6.07, 6.45) is 1.87. The third-order valence-corrected chi connectivity index (χ3v) is 3.75. The number of nitrogens with one attached hydrogen (secondary N) is 3. The van der Waals surface area contributed by atoms with Crippen molar-refractivity contribution in [3.8, 4) is 0 Å². The van der Waals surface area contributed by atoms with Crippen molar-refractivity contribution in [2.45, 2.75) is 19.8 Å². The van der Waals surface area contributed by atoms with E-state index < -0.39 is 0 Å². The number of carbonyl (C=O) groups is 2. The summed E-state index contributed by atoms with van der Waals surface area (Å²) < 4.78 is 0. The maximum atomic E-state index is 11.9. The largest absolute Gasteiger partial charge is 0.352 e. The molecule has 0 aromatic heterocycles. The molecule has 0 bridgehead atoms. The molecule has 3 N–H and O–H groups in total. The number of hydrogen-bond acceptors (Lipinski definition) is 3. The van der Waals surface area contributed by atoms with Gasteiger partial charge in [0, 0.05) is 23.7 Å². The predicted molar refractivity (Wildman–Crippen MR) is 90.5 cm³/mol. The van der Waals surface area contributed by atoms with Gasteiger partial charge in [0.15, 0.2) is 0 Å². The highest BCUT2D eigenvalue weighted by Gasteiger charge is 2.38. The smallest absolute Gasteiger partial charge is 0.251 e. The van der Waals surface area contributed by atoms with Crippen LogP contribution in [0, 0.1) is 11.8 Å². The Hall–Kier alpha value is -1.59. The Morgan fingerprint density at radius 2 is 1.82 bits per heavy atom. The number of anilines is 1. The lowest BCUT2D eigenvalue weighted by molar-refractivity contribution is -0.117. The van der Waals surface area contributed by atoms with Gasteiger partial charge < -0.3 is 16.0 Å². The summed E-state index contributed by atoms with van der Waals surface area (Å²) in [7, 11) is 1.89. The van der Waals surface area contributed by atoms with Crippen molar-refractivity contribution in [2.75, 3.05) is 25.5 Å². The van der Waals surface area contributed by atoms with Crippen LogP contribution >= 0.6 is 12.4 Å². The molecule has 1 saturated carbocycles. The van der Waals surface area contributed by atoms with Crippen LogP contribution in [0.2, 0.25) is 0 Å². The number of hydrogen-bond donors (Lipinski definition) is 3. The molecule has 2 rings (SSSR count). The van der Waals surface area contributed by atoms with Crippen molar-refractivity contribution in [3.05, 3.63) is 29.8 Å². The minimum Gasteiger partial charge on any atom is -0.352 e. The van der Waals surface area contributed by atoms with Crippen LogP contribution < -0.4 is 16.0 Å². The van der Waals surface area contributed by atoms with Crippen LogP contribution in [-0.2, 0) is 4.79 Å². The summed E-state index contributed by atoms with van der Waals surface area (Å²) in [5.41, 5.74) is 1.35. The van der Waals surface area contributed by atoms with Crippen molar-refractivity contribution in [1.29, 1.82) is 0 Å². The highest BCUT2D eigenvalue weighted by molar-refractivity contribution is 5.96. The van der Waals surface area contributed by atoms with Gasteiger partial charge in [-0.15, -0.1) is 12.4 Å². The van der Waals surface area contributed by atoms with Crippen molar-refractivity contribution in [3.63, 3.8) is 0 Å². The number of benzene rings is 1. The van der Waals surface area contributed by atoms with E-state index in [1.165, 1.54) is 0 Å². The maximum Gasteiger partial charge on any atom is 0.251 e. The Labute approximate surface area is 137 Å². The zero-order valence-corrected chi connectivity index (χ0v) is 13.8. The van der Waals surface area contributed by atoms with Gasteiger partial charge in [-0.05, 0) is 56.6 Å². The van der Waals surface area contributed by atoms with Crippen molar-refractivity contribution >= 4 is 29.9 Å². The molecule has 1 aromatic rings. The van der Waals surface area contributed by atoms with E-state index in [9.17, 15) is 9.59 Å². The van der Waals surface area contributed by atoms with Crippen molar-refractivity contribution in [1.82, 2.24) is 10.6 Å². The Balaban J connectivity index is 0.00000242. The Morgan fingerprint density at radius 1 is 1.18 bits per heavy atom. The first-order valence-corrected chi connectivity index (χ1v) is 7.45. The zero-order chi connectivity index (χ0) is 15.2. The first-order valence-electron chi connectivity index (χ1n) is 7.45. The molecule has 1 aliphatic carbocycles. The monoisotopic (exact) mass is 325 g/mol. The molecule has 2 amide bonds. The van der Waals surface area contributed by atoms with Gasteiger partial charge in [0.2, 0.25) is 5.91 Å². The second-order valence-electron chi connectivity index (χ2n) is 5.60. The summed E-state index contributed by atoms with van der Waals surface area (Å²) in [6, 6.07) is 7.01. The molecule has 0 radical (unpaired) electrons. The SMILES string of the molecule is CNCCCNC(=O)c1ccc(NC(=O)C2CC2C)cc1.Cl. The second-order valence-corrected chi connectivity index (χ2v) is 5.60. The molecule has 22 heavy (non-hydrogen) atoms. The first kappa shape index (κ1) is 18.5. The highest BCUT2D eigenvalue weighted by Crippen LogP contribution is 2.38. The lowest BCUT2D eigenvalue weighted by atomic mass is 10.2. The van der Waals surface area contributed by atoms with Gasteiger partial charge >= 0.3 is 0 Å². The molecular weight excluding hydrogens is 302 g/mol. The number of halogens is 1. The molecule has 1 aromatic carbocycles. The molecule has 0 aliphatic heterocycles. The fourth-order valence-corrected chi connectivity index (χ4v) is 2.20. The lowest BCUT2D eigenvalue weighted by Crippen LogP contribution is -2.26. The molecule has 0 spiro atoms. The van der Waals surface area contributed by atoms with E-state index in [2.05, 4.69) is 22.9 Å². The van der Waals surface area contributed by atoms with Gasteiger partial charge in [-0.2, -0.15) is 0 Å². The Bertz CT molecular complexity index is 505. The normalized spacial score (nSPS) is 19.0. The summed E-state index contributed by atoms with van der Waals surface area (Å²) in [5, 5.41) is 8.78. The van der Waals surface area contributed by atoms with E-state index in [1.807, 2.05) is 7.05 Å². The molecule has 5 nitrogen and oxygen atoms in total. The highest BCUT2D eigenvalue weighted by atomic mass is 35.5. The van der Waals surface area contributed by atoms with Crippen molar-refractivity contribution in [2.24, 2.45) is 11.8 Å². The average Bonchev–Trinajstić information content (AvgIpc) is 3.21. The van der Waals surface area contributed by atoms with Gasteiger partial charge in [0.25, 0.3) is 5.91 Å². The van der Waals surface area contributed by atoms with Gasteiger partial charge in [0.05, 0.1) is 0 Å². The number of carbonyl (C=O) groups excluding carboxylic acids is 2. The fourth-order valence-electron chi connectivity index (χ4n) is 2.20. The third-order valence-electron chi connectivity index (χ3n) is 3.75. The number of rotatable bonds is 7. The maximum absolute atomic E-state index is 11.9. The lowest BCUT2D eigenvalue weighted by Gasteiger charge is -2.07. The van der Waals surface area contributed by atoms with Crippen LogP contribution in [0.25, 0.3) is 0 Å². The van der Waals surface area contributed by atoms with Crippen LogP contribution in [-0.4, -0.2) is 32.0 Å². The quantitative estimate of drug-likeness (QED) is 0.672. The topological polar surface area (TPSA) is 70.2 Å². The fraction of sp³-hybridized carbons (Fsp3) is 0.500. The molecular formula is C16H24ClN3O2. The van der Waals surface area contributed by atoms with E-state index in [0.717, 1.165) is 25.1 Å². The molecule has 2 atom stereocenters. The van der Waals surface area contributed by atoms with Crippen LogP contribution in [0.15, 0.2) is 24.3 Å². The van der Waals surface area contributed by atoms with E-state index in [-0.39, 0.29) is 30.1 Å². The van der Waals surface area contributed by atoms with Crippen molar-refractivity contribution < 1.29 is 9.59 Å². The Morgan fingerprint density at radius 3 is 2.36 bits per heavy atom. The minimum atomic E-state index is -0.0835. The van der Waals surface area contributed by atoms with Crippen LogP contribution in [0.5, 0.6) is 0 Å². The molecule has 6 heteroatoms. The van der Waals surface area contributed by atoms with E-state index in [4.69, 9.17) is 0 Å². The summed E-state index contributed by atoms with van der Waals surface area (Å²) in [5.74, 6) is 0.638. The minimum absolute atomic E-state index is 0. The molecule has 1 fully saturated rings. The van der Waals surface area contributed by atoms with Gasteiger partial charge in [-0.3, -0.25) is 9.59 Å². The molecule has 0 saturated heterocycles. The van der Waals surface area contributed by atoms with Gasteiger partial charge in [-0.1, -0.05) is 6.92 Å². The predicted octanol–water partition coefficient (Wildman–Crippen LogP) is 2.04. The Kier molecular flexibility index (Phi) is 7.35. The summed E-state index contributed by atoms with van der Waals surface area (Å²) in [6.45, 7) is 3.61. The van der Waals surface area contributed by atoms with E-state index in [0.29, 0.717) is 18.0 Å². The average molecular weight is 326 g/mol. The van der Waals surface area contributed by atoms with E-state index in [1.54, 1.807) is 24.3 Å². The molecule has 2 unspecified atom stereocenters. The number of amides is 2. The first-order chi connectivity index (χ1) is 10.1. The molecule has 122 valence electrons. The van der Waals surface area contributed by atoms with Crippen LogP contribution in [0.1, 0.15) is 30.1 Å². The molecule has 0 heterocycles. The van der Waals surface area contributed by atoms with E-state index >= 15 is 0 Å². The van der Waals surface area contributed by atoms with Gasteiger partial charge in [-0.25, -0.2) is 0 Å². The van der Waals surface area contributed by atoms with Crippen LogP contribution in [0.3, 0.4) is 0 Å². The standard InChI is InChI=1S/C16H23N3O2.ClH/c1-11-10-14(11)16(21)19-13-6-4-12(5-7-13)15(20)18-9-3-8-17-2;/h4-7,11,14,17H,3,8-10H2,1-2H3,(H,18,20)(H,19,21);1H.